The van der Waals surface area contributed by atoms with Crippen molar-refractivity contribution < 1.29 is 19.0 Å². The summed E-state index contributed by atoms with van der Waals surface area (Å²) in [6, 6.07) is 0. The molecule has 1 aliphatic heterocycles. The molecular formula is C11H20O4. The normalized spacial score (nSPS) is 34.9. The van der Waals surface area contributed by atoms with Gasteiger partial charge in [0.1, 0.15) is 0 Å². The molecule has 0 radical (unpaired) electrons. The summed E-state index contributed by atoms with van der Waals surface area (Å²) >= 11 is 0. The van der Waals surface area contributed by atoms with Crippen molar-refractivity contribution >= 4 is 5.97 Å². The van der Waals surface area contributed by atoms with E-state index >= 15 is 0 Å². The Hall–Kier alpha value is -0.610. The predicted octanol–water partition coefficient (Wildman–Crippen LogP) is 1.87. The van der Waals surface area contributed by atoms with E-state index in [0.717, 1.165) is 0 Å². The number of ether oxygens (including phenoxy) is 3. The average molecular weight is 216 g/mol. The van der Waals surface area contributed by atoms with E-state index in [9.17, 15) is 4.79 Å². The summed E-state index contributed by atoms with van der Waals surface area (Å²) < 4.78 is 16.1. The van der Waals surface area contributed by atoms with E-state index in [1.165, 1.54) is 7.11 Å². The lowest BCUT2D eigenvalue weighted by molar-refractivity contribution is -0.326. The smallest absolute Gasteiger partial charge is 0.308 e. The SMILES string of the molecule is COC(=O)CC1(C)CC(C)OC(C)(C)O1. The highest BCUT2D eigenvalue weighted by Crippen LogP contribution is 2.36. The zero-order chi connectivity index (χ0) is 11.7. The van der Waals surface area contributed by atoms with Crippen molar-refractivity contribution in [3.8, 4) is 0 Å². The van der Waals surface area contributed by atoms with E-state index in [2.05, 4.69) is 4.74 Å². The minimum Gasteiger partial charge on any atom is -0.469 e. The van der Waals surface area contributed by atoms with Gasteiger partial charge in [-0.1, -0.05) is 0 Å². The van der Waals surface area contributed by atoms with Gasteiger partial charge < -0.3 is 14.2 Å². The lowest BCUT2D eigenvalue weighted by atomic mass is 9.92. The van der Waals surface area contributed by atoms with Gasteiger partial charge in [0.25, 0.3) is 0 Å². The minimum absolute atomic E-state index is 0.0865. The lowest BCUT2D eigenvalue weighted by Gasteiger charge is -2.45. The van der Waals surface area contributed by atoms with Crippen LogP contribution in [0.4, 0.5) is 0 Å². The zero-order valence-electron chi connectivity index (χ0n) is 10.1. The van der Waals surface area contributed by atoms with Gasteiger partial charge in [0, 0.05) is 6.42 Å². The second kappa shape index (κ2) is 4.10. The van der Waals surface area contributed by atoms with Crippen molar-refractivity contribution in [3.05, 3.63) is 0 Å². The maximum atomic E-state index is 11.3. The van der Waals surface area contributed by atoms with Gasteiger partial charge >= 0.3 is 5.97 Å². The van der Waals surface area contributed by atoms with Gasteiger partial charge in [-0.25, -0.2) is 0 Å². The van der Waals surface area contributed by atoms with E-state index in [4.69, 9.17) is 9.47 Å². The van der Waals surface area contributed by atoms with Crippen molar-refractivity contribution in [2.45, 2.75) is 58.0 Å². The molecule has 0 saturated carbocycles. The third kappa shape index (κ3) is 3.47. The van der Waals surface area contributed by atoms with Crippen LogP contribution in [0, 0.1) is 0 Å². The molecule has 0 amide bonds. The van der Waals surface area contributed by atoms with E-state index in [1.54, 1.807) is 0 Å². The molecule has 15 heavy (non-hydrogen) atoms. The van der Waals surface area contributed by atoms with Gasteiger partial charge in [0.15, 0.2) is 5.79 Å². The van der Waals surface area contributed by atoms with Crippen LogP contribution in [0.25, 0.3) is 0 Å². The zero-order valence-corrected chi connectivity index (χ0v) is 10.1. The molecular weight excluding hydrogens is 196 g/mol. The average Bonchev–Trinajstić information content (AvgIpc) is 1.97. The van der Waals surface area contributed by atoms with Crippen LogP contribution < -0.4 is 0 Å². The standard InChI is InChI=1S/C11H20O4/c1-8-6-11(4,7-9(12)13-5)15-10(2,3)14-8/h8H,6-7H2,1-5H3. The fraction of sp³-hybridized carbons (Fsp3) is 0.909. The first-order valence-corrected chi connectivity index (χ1v) is 5.21. The highest BCUT2D eigenvalue weighted by atomic mass is 16.7. The Kier molecular flexibility index (Phi) is 3.41. The molecule has 2 atom stereocenters. The number of hydrogen-bond donors (Lipinski definition) is 0. The van der Waals surface area contributed by atoms with Gasteiger partial charge in [0.2, 0.25) is 0 Å². The van der Waals surface area contributed by atoms with Crippen LogP contribution in [0.2, 0.25) is 0 Å². The van der Waals surface area contributed by atoms with Crippen molar-refractivity contribution in [2.24, 2.45) is 0 Å². The molecule has 2 unspecified atom stereocenters. The van der Waals surface area contributed by atoms with Gasteiger partial charge in [-0.05, 0) is 27.7 Å². The van der Waals surface area contributed by atoms with E-state index in [-0.39, 0.29) is 18.5 Å². The summed E-state index contributed by atoms with van der Waals surface area (Å²) in [6.45, 7) is 7.63. The monoisotopic (exact) mass is 216 g/mol. The highest BCUT2D eigenvalue weighted by molar-refractivity contribution is 5.70. The first-order chi connectivity index (χ1) is 6.76. The lowest BCUT2D eigenvalue weighted by Crippen LogP contribution is -2.51. The van der Waals surface area contributed by atoms with Crippen molar-refractivity contribution in [3.63, 3.8) is 0 Å². The predicted molar refractivity (Wildman–Crippen MR) is 55.4 cm³/mol. The quantitative estimate of drug-likeness (QED) is 0.661. The second-order valence-corrected chi connectivity index (χ2v) is 4.84. The number of esters is 1. The Morgan fingerprint density at radius 1 is 1.47 bits per heavy atom. The molecule has 0 aromatic rings. The Labute approximate surface area is 90.9 Å². The van der Waals surface area contributed by atoms with Gasteiger partial charge in [-0.3, -0.25) is 4.79 Å². The number of carbonyl (C=O) groups excluding carboxylic acids is 1. The van der Waals surface area contributed by atoms with E-state index < -0.39 is 11.4 Å². The summed E-state index contributed by atoms with van der Waals surface area (Å²) in [7, 11) is 1.39. The summed E-state index contributed by atoms with van der Waals surface area (Å²) in [5.41, 5.74) is -0.492. The Bertz CT molecular complexity index is 249. The van der Waals surface area contributed by atoms with Crippen LogP contribution in [0.15, 0.2) is 0 Å². The topological polar surface area (TPSA) is 44.8 Å². The molecule has 1 heterocycles. The molecule has 1 fully saturated rings. The Balaban J connectivity index is 2.70. The number of methoxy groups -OCH3 is 1. The second-order valence-electron chi connectivity index (χ2n) is 4.84. The van der Waals surface area contributed by atoms with E-state index in [1.807, 2.05) is 27.7 Å². The summed E-state index contributed by atoms with van der Waals surface area (Å²) in [6.07, 6.45) is 1.05. The molecule has 4 heteroatoms. The van der Waals surface area contributed by atoms with Crippen molar-refractivity contribution in [2.75, 3.05) is 7.11 Å². The molecule has 0 spiro atoms. The van der Waals surface area contributed by atoms with Crippen molar-refractivity contribution in [1.29, 1.82) is 0 Å². The molecule has 0 bridgehead atoms. The third-order valence-corrected chi connectivity index (χ3v) is 2.44. The molecule has 0 aromatic heterocycles. The molecule has 1 rings (SSSR count). The fourth-order valence-corrected chi connectivity index (χ4v) is 2.28. The van der Waals surface area contributed by atoms with E-state index in [0.29, 0.717) is 6.42 Å². The molecule has 88 valence electrons. The molecule has 1 aliphatic rings. The largest absolute Gasteiger partial charge is 0.469 e. The Morgan fingerprint density at radius 2 is 2.07 bits per heavy atom. The maximum Gasteiger partial charge on any atom is 0.308 e. The van der Waals surface area contributed by atoms with Crippen LogP contribution in [0.3, 0.4) is 0 Å². The van der Waals surface area contributed by atoms with Crippen LogP contribution in [0.1, 0.15) is 40.5 Å². The third-order valence-electron chi connectivity index (χ3n) is 2.44. The molecule has 0 aliphatic carbocycles. The Morgan fingerprint density at radius 3 is 2.53 bits per heavy atom. The first-order valence-electron chi connectivity index (χ1n) is 5.21. The van der Waals surface area contributed by atoms with Gasteiger partial charge in [-0.2, -0.15) is 0 Å². The molecule has 0 N–H and O–H groups in total. The van der Waals surface area contributed by atoms with Crippen molar-refractivity contribution in [1.82, 2.24) is 0 Å². The first kappa shape index (κ1) is 12.5. The number of carbonyl (C=O) groups is 1. The van der Waals surface area contributed by atoms with Crippen LogP contribution in [-0.2, 0) is 19.0 Å². The highest BCUT2D eigenvalue weighted by Gasteiger charge is 2.42. The number of hydrogen-bond acceptors (Lipinski definition) is 4. The summed E-state index contributed by atoms with van der Waals surface area (Å²) in [5, 5.41) is 0. The minimum atomic E-state index is -0.638. The van der Waals surface area contributed by atoms with Crippen LogP contribution in [-0.4, -0.2) is 30.6 Å². The van der Waals surface area contributed by atoms with Gasteiger partial charge in [0.05, 0.1) is 25.2 Å². The number of rotatable bonds is 2. The molecule has 1 saturated heterocycles. The molecule has 4 nitrogen and oxygen atoms in total. The maximum absolute atomic E-state index is 11.3. The fourth-order valence-electron chi connectivity index (χ4n) is 2.28. The van der Waals surface area contributed by atoms with Crippen LogP contribution in [0.5, 0.6) is 0 Å². The van der Waals surface area contributed by atoms with Crippen LogP contribution >= 0.6 is 0 Å². The summed E-state index contributed by atoms with van der Waals surface area (Å²) in [4.78, 5) is 11.3. The molecule has 0 aromatic carbocycles. The van der Waals surface area contributed by atoms with Gasteiger partial charge in [-0.15, -0.1) is 0 Å². The summed E-state index contributed by atoms with van der Waals surface area (Å²) in [5.74, 6) is -0.886.